The average molecular weight is 424 g/mol. The van der Waals surface area contributed by atoms with E-state index in [2.05, 4.69) is 35.9 Å². The highest BCUT2D eigenvalue weighted by molar-refractivity contribution is 7.99. The molecule has 0 fully saturated rings. The van der Waals surface area contributed by atoms with E-state index in [9.17, 15) is 10.1 Å². The second kappa shape index (κ2) is 9.00. The van der Waals surface area contributed by atoms with Crippen molar-refractivity contribution in [2.24, 2.45) is 0 Å². The Hall–Kier alpha value is -3.67. The van der Waals surface area contributed by atoms with E-state index >= 15 is 0 Å². The fourth-order valence-electron chi connectivity index (χ4n) is 3.67. The highest BCUT2D eigenvalue weighted by Crippen LogP contribution is 2.29. The zero-order chi connectivity index (χ0) is 21.8. The Balaban J connectivity index is 1.64. The van der Waals surface area contributed by atoms with Gasteiger partial charge < -0.3 is 9.88 Å². The van der Waals surface area contributed by atoms with Gasteiger partial charge in [0, 0.05) is 33.4 Å². The van der Waals surface area contributed by atoms with Crippen LogP contribution in [-0.4, -0.2) is 16.2 Å². The van der Waals surface area contributed by atoms with Crippen LogP contribution in [0, 0.1) is 23.5 Å². The number of nitrogens with one attached hydrogen (secondary N) is 1. The number of carbonyl (C=O) groups excluding carboxylic acids is 1. The maximum Gasteiger partial charge on any atom is 0.266 e. The summed E-state index contributed by atoms with van der Waals surface area (Å²) in [6.07, 6.45) is 1.63. The molecule has 0 saturated heterocycles. The first-order chi connectivity index (χ1) is 15.1. The fourth-order valence-corrected chi connectivity index (χ4v) is 4.33. The molecule has 3 aromatic carbocycles. The summed E-state index contributed by atoms with van der Waals surface area (Å²) in [5.41, 5.74) is 3.63. The topological polar surface area (TPSA) is 57.8 Å². The first-order valence-corrected chi connectivity index (χ1v) is 11.1. The number of thioether (sulfide) groups is 1. The Kier molecular flexibility index (Phi) is 5.98. The van der Waals surface area contributed by atoms with Crippen molar-refractivity contribution in [1.82, 2.24) is 4.57 Å². The van der Waals surface area contributed by atoms with E-state index < -0.39 is 5.91 Å². The molecule has 0 radical (unpaired) electrons. The third-order valence-corrected chi connectivity index (χ3v) is 5.96. The molecule has 1 aromatic heterocycles. The van der Waals surface area contributed by atoms with Gasteiger partial charge in [0.25, 0.3) is 5.91 Å². The highest BCUT2D eigenvalue weighted by atomic mass is 32.2. The number of rotatable bonds is 6. The number of hydrogen-bond donors (Lipinski definition) is 1. The van der Waals surface area contributed by atoms with Crippen molar-refractivity contribution in [3.05, 3.63) is 77.9 Å². The van der Waals surface area contributed by atoms with Crippen LogP contribution >= 0.6 is 11.8 Å². The molecule has 1 N–H and O–H groups in total. The normalized spacial score (nSPS) is 11.3. The van der Waals surface area contributed by atoms with Crippen LogP contribution in [0.3, 0.4) is 0 Å². The molecule has 1 heterocycles. The molecule has 31 heavy (non-hydrogen) atoms. The fraction of sp³-hybridized carbons (Fsp3) is 0.154. The van der Waals surface area contributed by atoms with E-state index in [0.29, 0.717) is 5.69 Å². The van der Waals surface area contributed by atoms with Gasteiger partial charge in [0.2, 0.25) is 0 Å². The second-order valence-corrected chi connectivity index (χ2v) is 8.30. The largest absolute Gasteiger partial charge is 0.334 e. The highest BCUT2D eigenvalue weighted by Gasteiger charge is 2.12. The molecule has 4 aromatic rings. The lowest BCUT2D eigenvalue weighted by Crippen LogP contribution is -2.13. The molecule has 0 atom stereocenters. The molecule has 4 rings (SSSR count). The van der Waals surface area contributed by atoms with Crippen molar-refractivity contribution in [3.8, 4) is 6.07 Å². The van der Waals surface area contributed by atoms with E-state index in [-0.39, 0.29) is 5.57 Å². The van der Waals surface area contributed by atoms with Gasteiger partial charge in [-0.05, 0) is 78.9 Å². The molecule has 0 saturated carbocycles. The van der Waals surface area contributed by atoms with E-state index in [0.717, 1.165) is 44.6 Å². The minimum absolute atomic E-state index is 0.0606. The van der Waals surface area contributed by atoms with E-state index in [4.69, 9.17) is 0 Å². The van der Waals surface area contributed by atoms with E-state index in [1.807, 2.05) is 60.7 Å². The van der Waals surface area contributed by atoms with Crippen LogP contribution < -0.4 is 5.32 Å². The van der Waals surface area contributed by atoms with Crippen molar-refractivity contribution >= 4 is 51.2 Å². The Morgan fingerprint density at radius 2 is 1.97 bits per heavy atom. The van der Waals surface area contributed by atoms with Crippen LogP contribution in [0.15, 0.2) is 65.1 Å². The number of nitriles is 1. The number of aromatic nitrogens is 1. The van der Waals surface area contributed by atoms with Gasteiger partial charge in [-0.25, -0.2) is 0 Å². The van der Waals surface area contributed by atoms with Gasteiger partial charge in [0.05, 0.1) is 0 Å². The lowest BCUT2D eigenvalue weighted by Gasteiger charge is -2.06. The van der Waals surface area contributed by atoms with Crippen LogP contribution in [0.1, 0.15) is 19.4 Å². The predicted octanol–water partition coefficient (Wildman–Crippen LogP) is 6.07. The quantitative estimate of drug-likeness (QED) is 0.232. The monoisotopic (exact) mass is 423 g/mol. The number of nitrogens with zero attached hydrogens (tertiary/aromatic N) is 2. The SMILES string of the molecule is CCSc1ccc(NC(=O)/C(C#N)=C/c2ccc3c(c2)c2ccc#cc2n3CC)cc1. The first-order valence-electron chi connectivity index (χ1n) is 10.1. The molecule has 4 nitrogen and oxygen atoms in total. The molecule has 0 aliphatic rings. The molecule has 0 aliphatic carbocycles. The molecular weight excluding hydrogens is 402 g/mol. The first kappa shape index (κ1) is 20.6. The van der Waals surface area contributed by atoms with Crippen molar-refractivity contribution in [3.63, 3.8) is 0 Å². The number of amides is 1. The van der Waals surface area contributed by atoms with Crippen LogP contribution in [0.25, 0.3) is 27.9 Å². The summed E-state index contributed by atoms with van der Waals surface area (Å²) in [7, 11) is 0. The lowest BCUT2D eigenvalue weighted by molar-refractivity contribution is -0.112. The predicted molar refractivity (Wildman–Crippen MR) is 128 cm³/mol. The Bertz CT molecular complexity index is 1330. The molecule has 0 spiro atoms. The van der Waals surface area contributed by atoms with Crippen molar-refractivity contribution < 1.29 is 4.79 Å². The van der Waals surface area contributed by atoms with E-state index in [1.165, 1.54) is 0 Å². The number of fused-ring (bicyclic) bond motifs is 3. The number of carbonyl (C=O) groups is 1. The lowest BCUT2D eigenvalue weighted by atomic mass is 10.1. The molecule has 5 heteroatoms. The Morgan fingerprint density at radius 1 is 1.16 bits per heavy atom. The van der Waals surface area contributed by atoms with Crippen molar-refractivity contribution in [2.45, 2.75) is 25.3 Å². The van der Waals surface area contributed by atoms with Crippen LogP contribution in [0.2, 0.25) is 0 Å². The minimum Gasteiger partial charge on any atom is -0.334 e. The van der Waals surface area contributed by atoms with Gasteiger partial charge in [-0.3, -0.25) is 4.79 Å². The van der Waals surface area contributed by atoms with Crippen LogP contribution in [0.5, 0.6) is 0 Å². The number of aryl methyl sites for hydroxylation is 1. The Labute approximate surface area is 186 Å². The number of hydrogen-bond acceptors (Lipinski definition) is 3. The smallest absolute Gasteiger partial charge is 0.266 e. The third kappa shape index (κ3) is 4.14. The molecule has 1 amide bonds. The molecule has 0 aliphatic heterocycles. The maximum absolute atomic E-state index is 12.7. The van der Waals surface area contributed by atoms with Crippen molar-refractivity contribution in [2.75, 3.05) is 11.1 Å². The summed E-state index contributed by atoms with van der Waals surface area (Å²) in [5, 5.41) is 14.5. The molecule has 0 bridgehead atoms. The third-order valence-electron chi connectivity index (χ3n) is 5.07. The van der Waals surface area contributed by atoms with Gasteiger partial charge in [0.1, 0.15) is 17.2 Å². The van der Waals surface area contributed by atoms with E-state index in [1.54, 1.807) is 17.8 Å². The summed E-state index contributed by atoms with van der Waals surface area (Å²) in [6.45, 7) is 5.02. The summed E-state index contributed by atoms with van der Waals surface area (Å²) in [6, 6.07) is 25.7. The van der Waals surface area contributed by atoms with Gasteiger partial charge in [-0.2, -0.15) is 5.26 Å². The van der Waals surface area contributed by atoms with Gasteiger partial charge in [0.15, 0.2) is 0 Å². The van der Waals surface area contributed by atoms with Gasteiger partial charge in [-0.1, -0.05) is 19.1 Å². The van der Waals surface area contributed by atoms with Gasteiger partial charge >= 0.3 is 0 Å². The minimum atomic E-state index is -0.419. The molecule has 0 unspecified atom stereocenters. The second-order valence-electron chi connectivity index (χ2n) is 6.97. The zero-order valence-corrected chi connectivity index (χ0v) is 18.2. The summed E-state index contributed by atoms with van der Waals surface area (Å²) in [5.74, 6) is 0.572. The van der Waals surface area contributed by atoms with Gasteiger partial charge in [-0.15, -0.1) is 11.8 Å². The number of benzene rings is 2. The van der Waals surface area contributed by atoms with Crippen LogP contribution in [0.4, 0.5) is 5.69 Å². The summed E-state index contributed by atoms with van der Waals surface area (Å²) in [4.78, 5) is 13.8. The Morgan fingerprint density at radius 3 is 2.68 bits per heavy atom. The maximum atomic E-state index is 12.7. The summed E-state index contributed by atoms with van der Waals surface area (Å²) < 4.78 is 2.19. The standard InChI is InChI=1S/C26H21N3OS/c1-3-29-24-8-6-5-7-22(24)23-16-18(9-14-25(23)29)15-19(17-27)26(30)28-20-10-12-21(13-11-20)31-4-2/h5,7,9-16H,3-4H2,1-2H3,(H,28,30)/b19-15+. The summed E-state index contributed by atoms with van der Waals surface area (Å²) >= 11 is 1.74. The van der Waals surface area contributed by atoms with Crippen molar-refractivity contribution in [1.29, 1.82) is 5.26 Å². The zero-order valence-electron chi connectivity index (χ0n) is 17.4. The average Bonchev–Trinajstić information content (AvgIpc) is 3.12. The van der Waals surface area contributed by atoms with Crippen LogP contribution in [-0.2, 0) is 11.3 Å². The molecular formula is C26H21N3OS. The number of anilines is 1. The molecule has 152 valence electrons.